The maximum absolute atomic E-state index is 14.4. The number of hydrogen-bond acceptors (Lipinski definition) is 10. The fourth-order valence-electron chi connectivity index (χ4n) is 9.68. The molecule has 0 aromatic heterocycles. The lowest BCUT2D eigenvalue weighted by molar-refractivity contribution is -0.147. The third-order valence-electron chi connectivity index (χ3n) is 13.9. The Bertz CT molecular complexity index is 2040. The number of methoxy groups -OCH3 is 1. The Morgan fingerprint density at radius 3 is 2.16 bits per heavy atom. The van der Waals surface area contributed by atoms with E-state index in [0.717, 1.165) is 24.9 Å². The van der Waals surface area contributed by atoms with Crippen LogP contribution in [0.4, 0.5) is 0 Å². The number of ether oxygens (including phenoxy) is 1. The number of phenols is 1. The number of carbonyl (C=O) groups is 5. The third-order valence-corrected chi connectivity index (χ3v) is 13.9. The van der Waals surface area contributed by atoms with E-state index in [-0.39, 0.29) is 72.8 Å². The van der Waals surface area contributed by atoms with Crippen LogP contribution in [0, 0.1) is 17.8 Å². The van der Waals surface area contributed by atoms with Crippen molar-refractivity contribution in [2.75, 3.05) is 39.8 Å². The highest BCUT2D eigenvalue weighted by Gasteiger charge is 2.62. The largest absolute Gasteiger partial charge is 0.508 e. The molecule has 64 heavy (non-hydrogen) atoms. The predicted molar refractivity (Wildman–Crippen MR) is 245 cm³/mol. The van der Waals surface area contributed by atoms with Gasteiger partial charge in [0.2, 0.25) is 23.6 Å². The summed E-state index contributed by atoms with van der Waals surface area (Å²) in [5.41, 5.74) is 24.5. The summed E-state index contributed by atoms with van der Waals surface area (Å²) in [7, 11) is 1.23. The van der Waals surface area contributed by atoms with Crippen LogP contribution in [-0.4, -0.2) is 116 Å². The molecule has 2 bridgehead atoms. The number of nitrogens with two attached hydrogens (primary N) is 4. The Hall–Kier alpha value is -5.91. The molecule has 4 amide bonds. The van der Waals surface area contributed by atoms with E-state index in [4.69, 9.17) is 27.7 Å². The molecular weight excluding hydrogens is 819 g/mol. The van der Waals surface area contributed by atoms with Crippen LogP contribution in [0.2, 0.25) is 0 Å². The van der Waals surface area contributed by atoms with Crippen LogP contribution in [0.25, 0.3) is 0 Å². The molecule has 3 unspecified atom stereocenters. The first-order chi connectivity index (χ1) is 30.4. The van der Waals surface area contributed by atoms with Crippen LogP contribution in [0.15, 0.2) is 58.5 Å². The quantitative estimate of drug-likeness (QED) is 0.0343. The lowest BCUT2D eigenvalue weighted by atomic mass is 9.59. The van der Waals surface area contributed by atoms with Gasteiger partial charge in [-0.2, -0.15) is 0 Å². The fraction of sp³-hybridized carbons (Fsp3) is 0.587. The molecule has 2 aromatic rings. The SMILES string of the molecule is CC[C@H](C)[C@H](NC(=O)[C@H](CCCN=C(N)N)NC(=O)[C@H](CCCN=C(N)N)NC(=O)CNC(=O)[C@]1(c2ccccc2)CC1CN1CC[C@@]2(C)c3cc(O)ccc3CC1C2C)C(=O)OC. The molecule has 9 atom stereocenters. The number of nitrogens with zero attached hydrogens (tertiary/aromatic N) is 3. The monoisotopic (exact) mass is 888 g/mol. The number of aromatic hydroxyl groups is 1. The molecule has 18 nitrogen and oxygen atoms in total. The smallest absolute Gasteiger partial charge is 0.328 e. The van der Waals surface area contributed by atoms with Crippen molar-refractivity contribution in [3.8, 4) is 5.75 Å². The number of guanidine groups is 2. The number of carbonyl (C=O) groups excluding carboxylic acids is 5. The molecule has 1 saturated heterocycles. The molecule has 1 aliphatic heterocycles. The molecule has 13 N–H and O–H groups in total. The van der Waals surface area contributed by atoms with Crippen LogP contribution in [0.1, 0.15) is 89.3 Å². The van der Waals surface area contributed by atoms with E-state index < -0.39 is 53.8 Å². The summed E-state index contributed by atoms with van der Waals surface area (Å²) in [6.07, 6.45) is 3.76. The zero-order valence-electron chi connectivity index (χ0n) is 37.9. The summed E-state index contributed by atoms with van der Waals surface area (Å²) in [6, 6.07) is 12.4. The Morgan fingerprint density at radius 1 is 0.922 bits per heavy atom. The van der Waals surface area contributed by atoms with E-state index in [1.165, 1.54) is 18.2 Å². The summed E-state index contributed by atoms with van der Waals surface area (Å²) in [5, 5.41) is 21.4. The summed E-state index contributed by atoms with van der Waals surface area (Å²) in [6.45, 7) is 9.78. The van der Waals surface area contributed by atoms with Gasteiger partial charge in [-0.3, -0.25) is 34.1 Å². The molecule has 3 aliphatic rings. The zero-order chi connectivity index (χ0) is 46.8. The molecule has 0 spiro atoms. The van der Waals surface area contributed by atoms with Gasteiger partial charge in [-0.25, -0.2) is 4.79 Å². The van der Waals surface area contributed by atoms with Crippen molar-refractivity contribution in [1.82, 2.24) is 26.2 Å². The molecule has 1 saturated carbocycles. The van der Waals surface area contributed by atoms with E-state index in [2.05, 4.69) is 50.0 Å². The molecule has 18 heteroatoms. The minimum atomic E-state index is -1.15. The molecule has 2 fully saturated rings. The van der Waals surface area contributed by atoms with Crippen LogP contribution in [0.5, 0.6) is 5.75 Å². The van der Waals surface area contributed by atoms with Gasteiger partial charge < -0.3 is 54.0 Å². The van der Waals surface area contributed by atoms with E-state index in [1.54, 1.807) is 13.0 Å². The first-order valence-corrected chi connectivity index (χ1v) is 22.4. The van der Waals surface area contributed by atoms with Gasteiger partial charge in [0.1, 0.15) is 23.9 Å². The summed E-state index contributed by atoms with van der Waals surface area (Å²) < 4.78 is 4.94. The van der Waals surface area contributed by atoms with Crippen molar-refractivity contribution in [2.45, 2.75) is 114 Å². The number of aliphatic imine (C=N–C) groups is 2. The van der Waals surface area contributed by atoms with E-state index in [0.29, 0.717) is 38.1 Å². The van der Waals surface area contributed by atoms with Crippen LogP contribution in [0.3, 0.4) is 0 Å². The average molecular weight is 888 g/mol. The lowest BCUT2D eigenvalue weighted by Gasteiger charge is -2.55. The highest BCUT2D eigenvalue weighted by molar-refractivity contribution is 5.96. The van der Waals surface area contributed by atoms with Crippen molar-refractivity contribution in [3.05, 3.63) is 65.2 Å². The normalized spacial score (nSPS) is 24.0. The number of rotatable bonds is 22. The van der Waals surface area contributed by atoms with Crippen molar-refractivity contribution >= 4 is 41.5 Å². The number of likely N-dealkylation sites (tertiary alicyclic amines) is 1. The maximum Gasteiger partial charge on any atom is 0.328 e. The van der Waals surface area contributed by atoms with Gasteiger partial charge in [0.25, 0.3) is 0 Å². The predicted octanol–water partition coefficient (Wildman–Crippen LogP) is 0.771. The second-order valence-corrected chi connectivity index (χ2v) is 18.0. The Labute approximate surface area is 376 Å². The van der Waals surface area contributed by atoms with Gasteiger partial charge in [0, 0.05) is 25.7 Å². The van der Waals surface area contributed by atoms with Gasteiger partial charge in [0.05, 0.1) is 19.1 Å². The number of fused-ring (bicyclic) bond motifs is 4. The van der Waals surface area contributed by atoms with Gasteiger partial charge in [0.15, 0.2) is 11.9 Å². The number of hydrogen-bond donors (Lipinski definition) is 9. The minimum Gasteiger partial charge on any atom is -0.508 e. The van der Waals surface area contributed by atoms with E-state index >= 15 is 0 Å². The highest BCUT2D eigenvalue weighted by Crippen LogP contribution is 2.56. The number of benzene rings is 2. The summed E-state index contributed by atoms with van der Waals surface area (Å²) in [5.74, 6) is -2.71. The van der Waals surface area contributed by atoms with Crippen LogP contribution in [-0.2, 0) is 46.0 Å². The Morgan fingerprint density at radius 2 is 1.55 bits per heavy atom. The maximum atomic E-state index is 14.4. The van der Waals surface area contributed by atoms with Crippen LogP contribution < -0.4 is 44.2 Å². The lowest BCUT2D eigenvalue weighted by Crippen LogP contribution is -2.58. The summed E-state index contributed by atoms with van der Waals surface area (Å²) >= 11 is 0. The Kier molecular flexibility index (Phi) is 16.6. The van der Waals surface area contributed by atoms with Gasteiger partial charge in [-0.15, -0.1) is 0 Å². The number of nitrogens with one attached hydrogen (secondary N) is 4. The standard InChI is InChI=1S/C46H69N11O7/c1-6-27(2)38(41(62)64-5)56-40(61)35(15-11-20-52-44(49)50)55-39(60)34(14-10-19-51-43(47)48)54-37(59)25-53-42(63)46(30-12-8-7-9-13-30)24-31(46)26-57-21-18-45(4)28(3)36(57)22-29-16-17-32(58)23-33(29)45/h7-9,12-13,16-17,23,27-28,31,34-36,38,58H,6,10-11,14-15,18-22,24-26H2,1-5H3,(H,53,63)(H,54,59)(H,55,60)(H,56,61)(H4,47,48,51)(H4,49,50,52)/t27-,28?,31?,34-,35-,36?,38-,45+,46-/m0/s1. The van der Waals surface area contributed by atoms with Crippen LogP contribution >= 0.6 is 0 Å². The highest BCUT2D eigenvalue weighted by atomic mass is 16.5. The minimum absolute atomic E-state index is 0.000970. The molecule has 5 rings (SSSR count). The number of esters is 1. The van der Waals surface area contributed by atoms with Crippen molar-refractivity contribution in [3.63, 3.8) is 0 Å². The third kappa shape index (κ3) is 11.6. The first kappa shape index (κ1) is 49.1. The molecule has 1 heterocycles. The van der Waals surface area contributed by atoms with Gasteiger partial charge >= 0.3 is 5.97 Å². The Balaban J connectivity index is 1.28. The van der Waals surface area contributed by atoms with E-state index in [1.807, 2.05) is 49.4 Å². The molecular formula is C46H69N11O7. The summed E-state index contributed by atoms with van der Waals surface area (Å²) in [4.78, 5) is 78.9. The molecule has 2 aromatic carbocycles. The second-order valence-electron chi connectivity index (χ2n) is 18.0. The first-order valence-electron chi connectivity index (χ1n) is 22.4. The van der Waals surface area contributed by atoms with Crippen molar-refractivity contribution in [1.29, 1.82) is 0 Å². The average Bonchev–Trinajstić information content (AvgIpc) is 4.00. The zero-order valence-corrected chi connectivity index (χ0v) is 37.9. The van der Waals surface area contributed by atoms with Gasteiger partial charge in [-0.05, 0) is 103 Å². The second kappa shape index (κ2) is 21.6. The number of phenolic OH excluding ortho intramolecular Hbond substituents is 1. The van der Waals surface area contributed by atoms with E-state index in [9.17, 15) is 29.1 Å². The van der Waals surface area contributed by atoms with Gasteiger partial charge in [-0.1, -0.05) is 70.5 Å². The van der Waals surface area contributed by atoms with Crippen molar-refractivity contribution in [2.24, 2.45) is 50.7 Å². The number of piperidine rings is 1. The molecule has 0 radical (unpaired) electrons. The fourth-order valence-corrected chi connectivity index (χ4v) is 9.68. The molecule has 350 valence electrons. The topological polar surface area (TPSA) is 295 Å². The van der Waals surface area contributed by atoms with Crippen molar-refractivity contribution < 1.29 is 33.8 Å². The molecule has 2 aliphatic carbocycles. The number of amides is 4.